The molecule has 0 aliphatic rings. The van der Waals surface area contributed by atoms with Crippen molar-refractivity contribution in [1.82, 2.24) is 9.97 Å². The van der Waals surface area contributed by atoms with Gasteiger partial charge in [0.25, 0.3) is 0 Å². The minimum Gasteiger partial charge on any atom is -0.494 e. The molecule has 27 heavy (non-hydrogen) atoms. The summed E-state index contributed by atoms with van der Waals surface area (Å²) < 4.78 is 5.71. The number of nitrogens with zero attached hydrogens (tertiary/aromatic N) is 2. The smallest absolute Gasteiger partial charge is 0.190 e. The summed E-state index contributed by atoms with van der Waals surface area (Å²) >= 11 is 9.71. The van der Waals surface area contributed by atoms with Gasteiger partial charge in [-0.05, 0) is 24.1 Å². The highest BCUT2D eigenvalue weighted by Gasteiger charge is 2.14. The van der Waals surface area contributed by atoms with Gasteiger partial charge in [-0.25, -0.2) is 9.97 Å². The maximum absolute atomic E-state index is 6.50. The van der Waals surface area contributed by atoms with E-state index in [2.05, 4.69) is 27.5 Å². The quantitative estimate of drug-likeness (QED) is 0.149. The van der Waals surface area contributed by atoms with Gasteiger partial charge >= 0.3 is 0 Å². The summed E-state index contributed by atoms with van der Waals surface area (Å²) in [6.45, 7) is 0.671. The molecule has 0 atom stereocenters. The summed E-state index contributed by atoms with van der Waals surface area (Å²) in [6.07, 6.45) is 0.915. The van der Waals surface area contributed by atoms with E-state index < -0.39 is 0 Å². The van der Waals surface area contributed by atoms with Crippen molar-refractivity contribution in [3.05, 3.63) is 71.2 Å². The highest BCUT2D eigenvalue weighted by Crippen LogP contribution is 2.37. The second-order valence-corrected chi connectivity index (χ2v) is 8.13. The molecule has 2 aromatic heterocycles. The summed E-state index contributed by atoms with van der Waals surface area (Å²) in [7, 11) is 0. The van der Waals surface area contributed by atoms with Crippen molar-refractivity contribution in [2.24, 2.45) is 0 Å². The van der Waals surface area contributed by atoms with Crippen LogP contribution in [0.4, 0.5) is 0 Å². The number of benzene rings is 2. The summed E-state index contributed by atoms with van der Waals surface area (Å²) in [5.74, 6) is 1.78. The molecule has 6 heteroatoms. The minimum atomic E-state index is 0.517. The van der Waals surface area contributed by atoms with E-state index in [4.69, 9.17) is 16.3 Å². The third-order valence-corrected chi connectivity index (χ3v) is 6.06. The van der Waals surface area contributed by atoms with Gasteiger partial charge in [-0.2, -0.15) is 0 Å². The molecule has 2 heterocycles. The van der Waals surface area contributed by atoms with Crippen LogP contribution in [0.1, 0.15) is 6.42 Å². The molecule has 0 unspecified atom stereocenters. The van der Waals surface area contributed by atoms with Crippen LogP contribution in [0.25, 0.3) is 21.3 Å². The van der Waals surface area contributed by atoms with Gasteiger partial charge in [-0.15, -0.1) is 11.3 Å². The van der Waals surface area contributed by atoms with Gasteiger partial charge in [0.15, 0.2) is 5.16 Å². The van der Waals surface area contributed by atoms with E-state index in [-0.39, 0.29) is 0 Å². The lowest BCUT2D eigenvalue weighted by atomic mass is 10.1. The first-order valence-corrected chi connectivity index (χ1v) is 10.9. The Labute approximate surface area is 171 Å². The molecular weight excluding hydrogens is 396 g/mol. The van der Waals surface area contributed by atoms with Gasteiger partial charge in [-0.3, -0.25) is 0 Å². The Morgan fingerprint density at radius 2 is 1.70 bits per heavy atom. The van der Waals surface area contributed by atoms with Gasteiger partial charge in [0.2, 0.25) is 0 Å². The van der Waals surface area contributed by atoms with Crippen molar-refractivity contribution in [3.8, 4) is 16.9 Å². The van der Waals surface area contributed by atoms with E-state index in [1.807, 2.05) is 48.5 Å². The molecule has 4 rings (SSSR count). The molecule has 3 nitrogen and oxygen atoms in total. The standard InChI is InChI=1S/C21H17ClN2OS2/c22-19-18-17(15-8-3-1-4-9-15)14-27-20(18)24-21(23-19)26-13-7-12-25-16-10-5-2-6-11-16/h1-6,8-11,14H,7,12-13H2. The molecule has 0 N–H and O–H groups in total. The summed E-state index contributed by atoms with van der Waals surface area (Å²) in [6, 6.07) is 20.1. The summed E-state index contributed by atoms with van der Waals surface area (Å²) in [4.78, 5) is 10.1. The second kappa shape index (κ2) is 8.74. The molecule has 0 radical (unpaired) electrons. The van der Waals surface area contributed by atoms with Crippen LogP contribution in [0, 0.1) is 0 Å². The molecule has 0 fully saturated rings. The van der Waals surface area contributed by atoms with Crippen LogP contribution < -0.4 is 4.74 Å². The monoisotopic (exact) mass is 412 g/mol. The van der Waals surface area contributed by atoms with Gasteiger partial charge < -0.3 is 4.74 Å². The third-order valence-electron chi connectivity index (χ3n) is 3.99. The van der Waals surface area contributed by atoms with Crippen LogP contribution in [-0.4, -0.2) is 22.3 Å². The van der Waals surface area contributed by atoms with Crippen molar-refractivity contribution in [3.63, 3.8) is 0 Å². The van der Waals surface area contributed by atoms with Crippen molar-refractivity contribution in [1.29, 1.82) is 0 Å². The molecule has 0 bridgehead atoms. The molecule has 4 aromatic rings. The molecule has 0 saturated heterocycles. The van der Waals surface area contributed by atoms with Gasteiger partial charge in [-0.1, -0.05) is 71.9 Å². The van der Waals surface area contributed by atoms with Crippen molar-refractivity contribution < 1.29 is 4.74 Å². The molecule has 2 aromatic carbocycles. The lowest BCUT2D eigenvalue weighted by Crippen LogP contribution is -1.99. The first-order chi connectivity index (χ1) is 13.3. The van der Waals surface area contributed by atoms with Crippen LogP contribution in [0.5, 0.6) is 5.75 Å². The lowest BCUT2D eigenvalue weighted by Gasteiger charge is -2.06. The van der Waals surface area contributed by atoms with Crippen molar-refractivity contribution >= 4 is 44.9 Å². The number of thioether (sulfide) groups is 1. The van der Waals surface area contributed by atoms with Crippen molar-refractivity contribution in [2.75, 3.05) is 12.4 Å². The maximum atomic E-state index is 6.50. The lowest BCUT2D eigenvalue weighted by molar-refractivity contribution is 0.318. The van der Waals surface area contributed by atoms with Crippen LogP contribution in [0.15, 0.2) is 71.2 Å². The number of thiophene rings is 1. The largest absolute Gasteiger partial charge is 0.494 e. The Morgan fingerprint density at radius 1 is 0.963 bits per heavy atom. The number of para-hydroxylation sites is 1. The van der Waals surface area contributed by atoms with E-state index in [0.717, 1.165) is 39.3 Å². The second-order valence-electron chi connectivity index (χ2n) is 5.86. The predicted octanol–water partition coefficient (Wildman–Crippen LogP) is 6.57. The number of hydrogen-bond acceptors (Lipinski definition) is 5. The van der Waals surface area contributed by atoms with E-state index in [9.17, 15) is 0 Å². The highest BCUT2D eigenvalue weighted by molar-refractivity contribution is 7.99. The molecular formula is C21H17ClN2OS2. The van der Waals surface area contributed by atoms with E-state index >= 15 is 0 Å². The third kappa shape index (κ3) is 4.43. The number of halogens is 1. The Hall–Kier alpha value is -2.08. The normalized spacial score (nSPS) is 11.0. The number of hydrogen-bond donors (Lipinski definition) is 0. The van der Waals surface area contributed by atoms with Crippen LogP contribution >= 0.6 is 34.7 Å². The molecule has 0 aliphatic carbocycles. The average Bonchev–Trinajstić information content (AvgIpc) is 3.14. The zero-order chi connectivity index (χ0) is 18.5. The van der Waals surface area contributed by atoms with Gasteiger partial charge in [0.05, 0.1) is 12.0 Å². The topological polar surface area (TPSA) is 35.0 Å². The highest BCUT2D eigenvalue weighted by atomic mass is 35.5. The van der Waals surface area contributed by atoms with Crippen molar-refractivity contribution in [2.45, 2.75) is 11.6 Å². The molecule has 0 amide bonds. The van der Waals surface area contributed by atoms with Gasteiger partial charge in [0.1, 0.15) is 15.7 Å². The van der Waals surface area contributed by atoms with E-state index in [1.165, 1.54) is 0 Å². The average molecular weight is 413 g/mol. The summed E-state index contributed by atoms with van der Waals surface area (Å²) in [5.41, 5.74) is 2.22. The molecule has 0 spiro atoms. The fraction of sp³-hybridized carbons (Fsp3) is 0.143. The molecule has 136 valence electrons. The van der Waals surface area contributed by atoms with Crippen LogP contribution in [0.3, 0.4) is 0 Å². The fourth-order valence-corrected chi connectivity index (χ4v) is 4.84. The first kappa shape index (κ1) is 18.3. The predicted molar refractivity (Wildman–Crippen MR) is 115 cm³/mol. The Morgan fingerprint density at radius 3 is 2.48 bits per heavy atom. The number of aromatic nitrogens is 2. The Kier molecular flexibility index (Phi) is 5.92. The number of fused-ring (bicyclic) bond motifs is 1. The van der Waals surface area contributed by atoms with E-state index in [0.29, 0.717) is 16.9 Å². The SMILES string of the molecule is Clc1nc(SCCCOc2ccccc2)nc2scc(-c3ccccc3)c12. The zero-order valence-corrected chi connectivity index (χ0v) is 16.9. The molecule has 0 aliphatic heterocycles. The van der Waals surface area contributed by atoms with Crippen LogP contribution in [-0.2, 0) is 0 Å². The number of ether oxygens (including phenoxy) is 1. The van der Waals surface area contributed by atoms with E-state index in [1.54, 1.807) is 23.1 Å². The fourth-order valence-electron chi connectivity index (χ4n) is 2.70. The summed E-state index contributed by atoms with van der Waals surface area (Å²) in [5, 5.41) is 4.27. The maximum Gasteiger partial charge on any atom is 0.190 e. The first-order valence-electron chi connectivity index (χ1n) is 8.62. The number of rotatable bonds is 7. The molecule has 0 saturated carbocycles. The van der Waals surface area contributed by atoms with Crippen LogP contribution in [0.2, 0.25) is 5.15 Å². The van der Waals surface area contributed by atoms with Gasteiger partial charge in [0, 0.05) is 16.7 Å². The zero-order valence-electron chi connectivity index (χ0n) is 14.5. The minimum absolute atomic E-state index is 0.517. The Bertz CT molecular complexity index is 1020. The Balaban J connectivity index is 1.40.